The number of hydrogen-bond acceptors (Lipinski definition) is 5. The molecule has 0 heterocycles. The quantitative estimate of drug-likeness (QED) is 0.0734. The van der Waals surface area contributed by atoms with Crippen molar-refractivity contribution in [1.29, 1.82) is 0 Å². The monoisotopic (exact) mass is 641 g/mol. The van der Waals surface area contributed by atoms with E-state index < -0.39 is 0 Å². The highest BCUT2D eigenvalue weighted by molar-refractivity contribution is 5.88. The molecule has 0 fully saturated rings. The van der Waals surface area contributed by atoms with Crippen molar-refractivity contribution in [2.75, 3.05) is 18.1 Å². The van der Waals surface area contributed by atoms with Gasteiger partial charge >= 0.3 is 11.9 Å². The standard InChI is InChI=1S/C43H47NO4/c1-30(2)41(45)47-25-11-9-23-43(24-10-12-26-48-42(46)31(3)4)39-20-8-7-19-37(39)38-22-21-36(29-40(38)43)44(34-17-13-15-32(5)27-34)35-18-14-16-33(6)28-35/h7-8,13-22,27-29H,1,3,9-12,23-26H2,2,4-6H3. The van der Waals surface area contributed by atoms with Gasteiger partial charge in [0, 0.05) is 33.6 Å². The first-order valence-corrected chi connectivity index (χ1v) is 16.9. The number of ether oxygens (including phenoxy) is 2. The molecular formula is C43H47NO4. The van der Waals surface area contributed by atoms with E-state index in [1.807, 2.05) is 0 Å². The fourth-order valence-corrected chi connectivity index (χ4v) is 6.86. The lowest BCUT2D eigenvalue weighted by molar-refractivity contribution is -0.139. The van der Waals surface area contributed by atoms with Gasteiger partial charge in [-0.3, -0.25) is 0 Å². The summed E-state index contributed by atoms with van der Waals surface area (Å²) in [5.41, 5.74) is 11.5. The number of esters is 2. The average Bonchev–Trinajstić information content (AvgIpc) is 3.33. The fraction of sp³-hybridized carbons (Fsp3) is 0.302. The third-order valence-electron chi connectivity index (χ3n) is 9.19. The first kappa shape index (κ1) is 34.4. The molecule has 4 aromatic carbocycles. The predicted molar refractivity (Wildman–Crippen MR) is 196 cm³/mol. The van der Waals surface area contributed by atoms with Crippen LogP contribution in [0.2, 0.25) is 0 Å². The van der Waals surface area contributed by atoms with Crippen molar-refractivity contribution in [2.24, 2.45) is 0 Å². The highest BCUT2D eigenvalue weighted by Gasteiger charge is 2.42. The predicted octanol–water partition coefficient (Wildman–Crippen LogP) is 10.6. The van der Waals surface area contributed by atoms with Crippen LogP contribution in [0.15, 0.2) is 115 Å². The number of unbranched alkanes of at least 4 members (excludes halogenated alkanes) is 2. The van der Waals surface area contributed by atoms with Crippen LogP contribution >= 0.6 is 0 Å². The summed E-state index contributed by atoms with van der Waals surface area (Å²) in [7, 11) is 0. The van der Waals surface area contributed by atoms with Gasteiger partial charge in [-0.05, 0) is 136 Å². The minimum absolute atomic E-state index is 0.260. The number of anilines is 3. The molecule has 1 aliphatic rings. The van der Waals surface area contributed by atoms with Crippen LogP contribution in [-0.4, -0.2) is 25.2 Å². The van der Waals surface area contributed by atoms with Gasteiger partial charge in [-0.2, -0.15) is 0 Å². The van der Waals surface area contributed by atoms with Crippen LogP contribution in [0.3, 0.4) is 0 Å². The zero-order chi connectivity index (χ0) is 34.3. The summed E-state index contributed by atoms with van der Waals surface area (Å²) < 4.78 is 10.9. The fourth-order valence-electron chi connectivity index (χ4n) is 6.86. The molecule has 5 rings (SSSR count). The van der Waals surface area contributed by atoms with Crippen LogP contribution < -0.4 is 4.90 Å². The summed E-state index contributed by atoms with van der Waals surface area (Å²) in [5.74, 6) is -0.690. The molecule has 48 heavy (non-hydrogen) atoms. The Bertz CT molecular complexity index is 1740. The van der Waals surface area contributed by atoms with Gasteiger partial charge in [0.25, 0.3) is 0 Å². The number of benzene rings is 4. The molecule has 0 unspecified atom stereocenters. The molecule has 4 aromatic rings. The first-order chi connectivity index (χ1) is 23.1. The molecule has 0 atom stereocenters. The van der Waals surface area contributed by atoms with E-state index in [0.717, 1.165) is 55.6 Å². The second-order valence-corrected chi connectivity index (χ2v) is 13.1. The van der Waals surface area contributed by atoms with E-state index in [9.17, 15) is 9.59 Å². The van der Waals surface area contributed by atoms with Crippen molar-refractivity contribution in [1.82, 2.24) is 0 Å². The topological polar surface area (TPSA) is 55.8 Å². The van der Waals surface area contributed by atoms with E-state index in [1.54, 1.807) is 13.8 Å². The maximum Gasteiger partial charge on any atom is 0.333 e. The Hall–Kier alpha value is -4.90. The average molecular weight is 642 g/mol. The van der Waals surface area contributed by atoms with Crippen LogP contribution in [0.5, 0.6) is 0 Å². The van der Waals surface area contributed by atoms with Crippen LogP contribution in [0, 0.1) is 13.8 Å². The van der Waals surface area contributed by atoms with Crippen molar-refractivity contribution in [3.8, 4) is 11.1 Å². The molecule has 5 nitrogen and oxygen atoms in total. The molecule has 0 amide bonds. The Kier molecular flexibility index (Phi) is 11.0. The summed E-state index contributed by atoms with van der Waals surface area (Å²) >= 11 is 0. The largest absolute Gasteiger partial charge is 0.462 e. The Balaban J connectivity index is 1.55. The van der Waals surface area contributed by atoms with Crippen LogP contribution in [0.1, 0.15) is 74.6 Å². The number of aryl methyl sites for hydroxylation is 2. The van der Waals surface area contributed by atoms with Gasteiger partial charge in [0.05, 0.1) is 13.2 Å². The number of carbonyl (C=O) groups excluding carboxylic acids is 2. The van der Waals surface area contributed by atoms with E-state index in [4.69, 9.17) is 9.47 Å². The molecule has 0 spiro atoms. The van der Waals surface area contributed by atoms with E-state index in [-0.39, 0.29) is 17.4 Å². The minimum atomic E-state index is -0.345. The Morgan fingerprint density at radius 1 is 0.604 bits per heavy atom. The second kappa shape index (κ2) is 15.3. The molecule has 0 N–H and O–H groups in total. The Morgan fingerprint density at radius 2 is 1.10 bits per heavy atom. The number of carbonyl (C=O) groups is 2. The highest BCUT2D eigenvalue weighted by atomic mass is 16.5. The Labute approximate surface area is 285 Å². The molecule has 0 bridgehead atoms. The summed E-state index contributed by atoms with van der Waals surface area (Å²) in [6.45, 7) is 15.7. The maximum absolute atomic E-state index is 12.1. The van der Waals surface area contributed by atoms with Gasteiger partial charge in [-0.1, -0.05) is 67.8 Å². The van der Waals surface area contributed by atoms with E-state index >= 15 is 0 Å². The molecular weight excluding hydrogens is 594 g/mol. The number of nitrogens with zero attached hydrogens (tertiary/aromatic N) is 1. The summed E-state index contributed by atoms with van der Waals surface area (Å²) in [4.78, 5) is 26.5. The molecule has 0 aliphatic heterocycles. The van der Waals surface area contributed by atoms with Gasteiger partial charge in [-0.15, -0.1) is 0 Å². The van der Waals surface area contributed by atoms with Gasteiger partial charge in [-0.25, -0.2) is 9.59 Å². The highest BCUT2D eigenvalue weighted by Crippen LogP contribution is 2.55. The zero-order valence-corrected chi connectivity index (χ0v) is 28.8. The first-order valence-electron chi connectivity index (χ1n) is 16.9. The normalized spacial score (nSPS) is 12.5. The van der Waals surface area contributed by atoms with Gasteiger partial charge in [0.15, 0.2) is 0 Å². The van der Waals surface area contributed by atoms with Crippen molar-refractivity contribution >= 4 is 29.0 Å². The number of rotatable bonds is 15. The van der Waals surface area contributed by atoms with E-state index in [2.05, 4.69) is 123 Å². The molecule has 0 saturated heterocycles. The molecule has 0 aromatic heterocycles. The lowest BCUT2D eigenvalue weighted by Gasteiger charge is -2.34. The summed E-state index contributed by atoms with van der Waals surface area (Å²) in [6.07, 6.45) is 5.06. The van der Waals surface area contributed by atoms with Crippen LogP contribution in [-0.2, 0) is 24.5 Å². The Morgan fingerprint density at radius 3 is 1.62 bits per heavy atom. The molecule has 5 heteroatoms. The van der Waals surface area contributed by atoms with Crippen molar-refractivity contribution in [3.05, 3.63) is 138 Å². The number of fused-ring (bicyclic) bond motifs is 3. The van der Waals surface area contributed by atoms with Crippen molar-refractivity contribution in [3.63, 3.8) is 0 Å². The molecule has 0 saturated carbocycles. The van der Waals surface area contributed by atoms with Crippen molar-refractivity contribution < 1.29 is 19.1 Å². The minimum Gasteiger partial charge on any atom is -0.462 e. The smallest absolute Gasteiger partial charge is 0.333 e. The van der Waals surface area contributed by atoms with E-state index in [1.165, 1.54) is 33.4 Å². The molecule has 0 radical (unpaired) electrons. The lowest BCUT2D eigenvalue weighted by Crippen LogP contribution is -2.26. The van der Waals surface area contributed by atoms with Crippen LogP contribution in [0.4, 0.5) is 17.1 Å². The number of hydrogen-bond donors (Lipinski definition) is 0. The van der Waals surface area contributed by atoms with Gasteiger partial charge in [0.1, 0.15) is 0 Å². The maximum atomic E-state index is 12.1. The molecule has 1 aliphatic carbocycles. The third-order valence-corrected chi connectivity index (χ3v) is 9.19. The lowest BCUT2D eigenvalue weighted by atomic mass is 9.70. The molecule has 248 valence electrons. The SMILES string of the molecule is C=C(C)C(=O)OCCCCC1(CCCCOC(=O)C(=C)C)c2ccccc2-c2ccc(N(c3cccc(C)c3)c3cccc(C)c3)cc21. The van der Waals surface area contributed by atoms with Crippen molar-refractivity contribution in [2.45, 2.75) is 71.6 Å². The van der Waals surface area contributed by atoms with E-state index in [0.29, 0.717) is 24.4 Å². The van der Waals surface area contributed by atoms with Crippen LogP contribution in [0.25, 0.3) is 11.1 Å². The summed E-state index contributed by atoms with van der Waals surface area (Å²) in [5, 5.41) is 0. The third kappa shape index (κ3) is 7.62. The van der Waals surface area contributed by atoms with Gasteiger partial charge in [0.2, 0.25) is 0 Å². The zero-order valence-electron chi connectivity index (χ0n) is 28.8. The van der Waals surface area contributed by atoms with Gasteiger partial charge < -0.3 is 14.4 Å². The summed E-state index contributed by atoms with van der Waals surface area (Å²) in [6, 6.07) is 33.0. The second-order valence-electron chi connectivity index (χ2n) is 13.1.